The Morgan fingerprint density at radius 1 is 1.50 bits per heavy atom. The number of nitrogens with zero attached hydrogens (tertiary/aromatic N) is 2. The van der Waals surface area contributed by atoms with Crippen molar-refractivity contribution in [2.24, 2.45) is 0 Å². The summed E-state index contributed by atoms with van der Waals surface area (Å²) in [5, 5.41) is 5.55. The number of thiazole rings is 2. The third-order valence-electron chi connectivity index (χ3n) is 1.47. The van der Waals surface area contributed by atoms with Gasteiger partial charge in [-0.15, -0.1) is 22.7 Å². The van der Waals surface area contributed by atoms with Crippen LogP contribution in [-0.4, -0.2) is 15.9 Å². The molecule has 2 heterocycles. The molecule has 0 atom stereocenters. The minimum atomic E-state index is -0.196. The highest BCUT2D eigenvalue weighted by Crippen LogP contribution is 2.15. The van der Waals surface area contributed by atoms with Gasteiger partial charge in [0, 0.05) is 22.7 Å². The van der Waals surface area contributed by atoms with Crippen molar-refractivity contribution < 1.29 is 4.79 Å². The highest BCUT2D eigenvalue weighted by Gasteiger charge is 2.10. The lowest BCUT2D eigenvalue weighted by Crippen LogP contribution is -2.10. The van der Waals surface area contributed by atoms with Gasteiger partial charge in [-0.05, 0) is 6.92 Å². The molecule has 0 unspecified atom stereocenters. The van der Waals surface area contributed by atoms with Gasteiger partial charge in [0.05, 0.1) is 0 Å². The lowest BCUT2D eigenvalue weighted by molar-refractivity contribution is 0.102. The molecule has 2 rings (SSSR count). The summed E-state index contributed by atoms with van der Waals surface area (Å²) >= 11 is 2.76. The molecular formula is C8H7N3OS2. The molecule has 0 spiro atoms. The molecule has 14 heavy (non-hydrogen) atoms. The zero-order valence-corrected chi connectivity index (χ0v) is 8.98. The molecule has 2 aromatic heterocycles. The molecule has 1 amide bonds. The minimum absolute atomic E-state index is 0.196. The molecular weight excluding hydrogens is 218 g/mol. The second kappa shape index (κ2) is 3.85. The van der Waals surface area contributed by atoms with Crippen molar-refractivity contribution in [1.82, 2.24) is 9.97 Å². The third-order valence-corrected chi connectivity index (χ3v) is 3.07. The fourth-order valence-corrected chi connectivity index (χ4v) is 2.08. The van der Waals surface area contributed by atoms with Crippen LogP contribution in [0.2, 0.25) is 0 Å². The largest absolute Gasteiger partial charge is 0.296 e. The predicted octanol–water partition coefficient (Wildman–Crippen LogP) is 2.16. The first kappa shape index (κ1) is 9.29. The Bertz CT molecular complexity index is 435. The number of nitrogens with one attached hydrogen (secondary N) is 1. The van der Waals surface area contributed by atoms with E-state index in [1.54, 1.807) is 12.4 Å². The van der Waals surface area contributed by atoms with Gasteiger partial charge in [-0.25, -0.2) is 9.97 Å². The fraction of sp³-hybridized carbons (Fsp3) is 0.125. The number of carbonyl (C=O) groups is 1. The molecule has 0 bridgehead atoms. The Balaban J connectivity index is 2.10. The maximum Gasteiger partial charge on any atom is 0.286 e. The monoisotopic (exact) mass is 225 g/mol. The van der Waals surface area contributed by atoms with Crippen LogP contribution in [0.4, 0.5) is 5.13 Å². The molecule has 0 aliphatic rings. The highest BCUT2D eigenvalue weighted by atomic mass is 32.1. The number of hydrogen-bond donors (Lipinski definition) is 1. The van der Waals surface area contributed by atoms with E-state index in [9.17, 15) is 4.79 Å². The third kappa shape index (κ3) is 1.97. The van der Waals surface area contributed by atoms with Gasteiger partial charge >= 0.3 is 0 Å². The number of hydrogen-bond acceptors (Lipinski definition) is 5. The van der Waals surface area contributed by atoms with Crippen molar-refractivity contribution in [3.8, 4) is 0 Å². The number of aryl methyl sites for hydroxylation is 1. The first-order valence-electron chi connectivity index (χ1n) is 3.89. The number of rotatable bonds is 2. The quantitative estimate of drug-likeness (QED) is 0.852. The highest BCUT2D eigenvalue weighted by molar-refractivity contribution is 7.15. The summed E-state index contributed by atoms with van der Waals surface area (Å²) in [5.74, 6) is -0.196. The standard InChI is InChI=1S/C8H7N3OS2/c1-5-4-10-7(14-5)6(12)11-8-9-2-3-13-8/h2-4H,1H3,(H,9,11,12). The van der Waals surface area contributed by atoms with Gasteiger partial charge in [-0.2, -0.15) is 0 Å². The average molecular weight is 225 g/mol. The van der Waals surface area contributed by atoms with Gasteiger partial charge in [0.1, 0.15) is 0 Å². The van der Waals surface area contributed by atoms with Gasteiger partial charge in [0.2, 0.25) is 0 Å². The lowest BCUT2D eigenvalue weighted by atomic mass is 10.6. The summed E-state index contributed by atoms with van der Waals surface area (Å²) in [4.78, 5) is 20.5. The summed E-state index contributed by atoms with van der Waals surface area (Å²) in [6.07, 6.45) is 3.33. The molecule has 0 aliphatic heterocycles. The van der Waals surface area contributed by atoms with E-state index in [1.165, 1.54) is 22.7 Å². The van der Waals surface area contributed by atoms with Crippen molar-refractivity contribution in [2.75, 3.05) is 5.32 Å². The van der Waals surface area contributed by atoms with Crippen LogP contribution in [0.5, 0.6) is 0 Å². The molecule has 2 aromatic rings. The molecule has 0 saturated carbocycles. The van der Waals surface area contributed by atoms with Crippen LogP contribution < -0.4 is 5.32 Å². The SMILES string of the molecule is Cc1cnc(C(=O)Nc2nccs2)s1. The van der Waals surface area contributed by atoms with E-state index >= 15 is 0 Å². The fourth-order valence-electron chi connectivity index (χ4n) is 0.895. The lowest BCUT2D eigenvalue weighted by Gasteiger charge is -1.95. The molecule has 0 aliphatic carbocycles. The Morgan fingerprint density at radius 2 is 2.36 bits per heavy atom. The minimum Gasteiger partial charge on any atom is -0.296 e. The molecule has 0 fully saturated rings. The van der Waals surface area contributed by atoms with E-state index < -0.39 is 0 Å². The van der Waals surface area contributed by atoms with Crippen LogP contribution in [-0.2, 0) is 0 Å². The first-order valence-corrected chi connectivity index (χ1v) is 5.58. The number of aromatic nitrogens is 2. The van der Waals surface area contributed by atoms with Crippen LogP contribution >= 0.6 is 22.7 Å². The van der Waals surface area contributed by atoms with E-state index in [0.717, 1.165) is 4.88 Å². The van der Waals surface area contributed by atoms with Crippen molar-refractivity contribution in [3.05, 3.63) is 27.7 Å². The Kier molecular flexibility index (Phi) is 2.55. The van der Waals surface area contributed by atoms with Crippen LogP contribution in [0, 0.1) is 6.92 Å². The smallest absolute Gasteiger partial charge is 0.286 e. The van der Waals surface area contributed by atoms with Crippen LogP contribution in [0.1, 0.15) is 14.7 Å². The number of anilines is 1. The zero-order chi connectivity index (χ0) is 9.97. The first-order chi connectivity index (χ1) is 6.75. The molecule has 4 nitrogen and oxygen atoms in total. The summed E-state index contributed by atoms with van der Waals surface area (Å²) < 4.78 is 0. The van der Waals surface area contributed by atoms with Crippen molar-refractivity contribution >= 4 is 33.7 Å². The molecule has 6 heteroatoms. The van der Waals surface area contributed by atoms with Crippen molar-refractivity contribution in [1.29, 1.82) is 0 Å². The maximum atomic E-state index is 11.5. The van der Waals surface area contributed by atoms with Gasteiger partial charge in [-0.3, -0.25) is 10.1 Å². The number of amides is 1. The van der Waals surface area contributed by atoms with Gasteiger partial charge in [0.15, 0.2) is 10.1 Å². The molecule has 0 radical (unpaired) electrons. The van der Waals surface area contributed by atoms with Gasteiger partial charge in [-0.1, -0.05) is 0 Å². The Labute approximate surface area is 88.6 Å². The topological polar surface area (TPSA) is 54.9 Å². The van der Waals surface area contributed by atoms with Crippen LogP contribution in [0.25, 0.3) is 0 Å². The van der Waals surface area contributed by atoms with E-state index in [2.05, 4.69) is 15.3 Å². The molecule has 1 N–H and O–H groups in total. The van der Waals surface area contributed by atoms with Gasteiger partial charge in [0.25, 0.3) is 5.91 Å². The van der Waals surface area contributed by atoms with Crippen molar-refractivity contribution in [3.63, 3.8) is 0 Å². The summed E-state index contributed by atoms with van der Waals surface area (Å²) in [7, 11) is 0. The zero-order valence-electron chi connectivity index (χ0n) is 7.35. The molecule has 0 aromatic carbocycles. The summed E-state index contributed by atoms with van der Waals surface area (Å²) in [6.45, 7) is 1.91. The Hall–Kier alpha value is -1.27. The average Bonchev–Trinajstić information content (AvgIpc) is 2.75. The van der Waals surface area contributed by atoms with Crippen molar-refractivity contribution in [2.45, 2.75) is 6.92 Å². The maximum absolute atomic E-state index is 11.5. The normalized spacial score (nSPS) is 10.1. The van der Waals surface area contributed by atoms with E-state index in [4.69, 9.17) is 0 Å². The van der Waals surface area contributed by atoms with Gasteiger partial charge < -0.3 is 0 Å². The molecule has 72 valence electrons. The Morgan fingerprint density at radius 3 is 2.93 bits per heavy atom. The molecule has 0 saturated heterocycles. The summed E-state index contributed by atoms with van der Waals surface area (Å²) in [5.41, 5.74) is 0. The second-order valence-corrected chi connectivity index (χ2v) is 4.70. The van der Waals surface area contributed by atoms with Crippen LogP contribution in [0.3, 0.4) is 0 Å². The predicted molar refractivity (Wildman–Crippen MR) is 56.9 cm³/mol. The second-order valence-electron chi connectivity index (χ2n) is 2.57. The van der Waals surface area contributed by atoms with E-state index in [1.807, 2.05) is 12.3 Å². The van der Waals surface area contributed by atoms with E-state index in [-0.39, 0.29) is 5.91 Å². The van der Waals surface area contributed by atoms with E-state index in [0.29, 0.717) is 10.1 Å². The summed E-state index contributed by atoms with van der Waals surface area (Å²) in [6, 6.07) is 0. The number of carbonyl (C=O) groups excluding carboxylic acids is 1. The van der Waals surface area contributed by atoms with Crippen LogP contribution in [0.15, 0.2) is 17.8 Å².